The van der Waals surface area contributed by atoms with E-state index >= 15 is 0 Å². The summed E-state index contributed by atoms with van der Waals surface area (Å²) in [4.78, 5) is 60.1. The van der Waals surface area contributed by atoms with Crippen molar-refractivity contribution in [3.63, 3.8) is 0 Å². The lowest BCUT2D eigenvalue weighted by molar-refractivity contribution is -0.194. The molecule has 0 saturated carbocycles. The minimum Gasteiger partial charge on any atom is -0.481 e. The molecule has 0 fully saturated rings. The Morgan fingerprint density at radius 1 is 1.03 bits per heavy atom. The second-order valence-electron chi connectivity index (χ2n) is 8.70. The van der Waals surface area contributed by atoms with Crippen molar-refractivity contribution >= 4 is 41.3 Å². The summed E-state index contributed by atoms with van der Waals surface area (Å²) in [6, 6.07) is 0. The number of Topliss-reactive ketones (excluding diaryl/α,β-unsaturated/α-hetero) is 1. The first-order chi connectivity index (χ1) is 17.3. The average molecular weight is 543 g/mol. The van der Waals surface area contributed by atoms with E-state index in [1.165, 1.54) is 0 Å². The second kappa shape index (κ2) is 15.3. The van der Waals surface area contributed by atoms with E-state index in [2.05, 4.69) is 0 Å². The summed E-state index contributed by atoms with van der Waals surface area (Å²) in [5.74, 6) is -5.81. The molecule has 206 valence electrons. The number of carbonyl (C=O) groups is 5. The number of carbonyl (C=O) groups excluding carboxylic acids is 4. The van der Waals surface area contributed by atoms with Gasteiger partial charge in [-0.25, -0.2) is 0 Å². The number of esters is 3. The topological polar surface area (TPSA) is 154 Å². The smallest absolute Gasteiger partial charge is 0.303 e. The fourth-order valence-corrected chi connectivity index (χ4v) is 4.41. The molecule has 11 heteroatoms. The molecule has 1 aliphatic carbocycles. The fourth-order valence-electron chi connectivity index (χ4n) is 4.11. The zero-order valence-corrected chi connectivity index (χ0v) is 22.2. The van der Waals surface area contributed by atoms with Crippen molar-refractivity contribution in [2.75, 3.05) is 0 Å². The number of hydrogen-bond donors (Lipinski definition) is 2. The highest BCUT2D eigenvalue weighted by molar-refractivity contribution is 6.44. The Morgan fingerprint density at radius 2 is 1.62 bits per heavy atom. The van der Waals surface area contributed by atoms with Crippen LogP contribution in [0.2, 0.25) is 0 Å². The predicted octanol–water partition coefficient (Wildman–Crippen LogP) is 3.39. The van der Waals surface area contributed by atoms with E-state index in [4.69, 9.17) is 30.9 Å². The third kappa shape index (κ3) is 10.5. The van der Waals surface area contributed by atoms with Crippen LogP contribution in [0, 0.1) is 5.92 Å². The molecule has 0 aromatic heterocycles. The largest absolute Gasteiger partial charge is 0.481 e. The van der Waals surface area contributed by atoms with Crippen LogP contribution in [0.3, 0.4) is 0 Å². The van der Waals surface area contributed by atoms with Crippen LogP contribution in [0.15, 0.2) is 35.4 Å². The SMILES string of the molecule is CCC=CCC=CCC1(O)C=C(Cl)C(=O)C1C(OC(C)=O)C(OC(C)=O)C(CCCC(=O)O)OC(C)=O. The number of hydrogen-bond acceptors (Lipinski definition) is 9. The van der Waals surface area contributed by atoms with Crippen molar-refractivity contribution in [1.82, 2.24) is 0 Å². The fraction of sp³-hybridized carbons (Fsp3) is 0.577. The first kappa shape index (κ1) is 32.0. The van der Waals surface area contributed by atoms with E-state index in [9.17, 15) is 29.1 Å². The molecule has 37 heavy (non-hydrogen) atoms. The van der Waals surface area contributed by atoms with Crippen molar-refractivity contribution in [2.24, 2.45) is 5.92 Å². The number of aliphatic hydroxyl groups is 1. The zero-order valence-electron chi connectivity index (χ0n) is 21.5. The summed E-state index contributed by atoms with van der Waals surface area (Å²) >= 11 is 6.11. The van der Waals surface area contributed by atoms with Crippen LogP contribution < -0.4 is 0 Å². The van der Waals surface area contributed by atoms with Gasteiger partial charge in [0.05, 0.1) is 11.0 Å². The summed E-state index contributed by atoms with van der Waals surface area (Å²) in [7, 11) is 0. The zero-order chi connectivity index (χ0) is 28.2. The Morgan fingerprint density at radius 3 is 2.16 bits per heavy atom. The van der Waals surface area contributed by atoms with Crippen molar-refractivity contribution in [3.8, 4) is 0 Å². The average Bonchev–Trinajstić information content (AvgIpc) is 2.99. The molecular weight excluding hydrogens is 508 g/mol. The minimum absolute atomic E-state index is 0.0216. The van der Waals surface area contributed by atoms with Crippen LogP contribution in [0.5, 0.6) is 0 Å². The highest BCUT2D eigenvalue weighted by Gasteiger charge is 2.56. The van der Waals surface area contributed by atoms with Crippen LogP contribution >= 0.6 is 11.6 Å². The lowest BCUT2D eigenvalue weighted by Crippen LogP contribution is -2.55. The van der Waals surface area contributed by atoms with Crippen LogP contribution in [0.25, 0.3) is 0 Å². The third-order valence-electron chi connectivity index (χ3n) is 5.54. The quantitative estimate of drug-likeness (QED) is 0.179. The molecule has 5 unspecified atom stereocenters. The highest BCUT2D eigenvalue weighted by atomic mass is 35.5. The molecule has 1 rings (SSSR count). The third-order valence-corrected chi connectivity index (χ3v) is 5.83. The molecule has 0 aromatic rings. The van der Waals surface area contributed by atoms with Gasteiger partial charge in [-0.1, -0.05) is 42.8 Å². The van der Waals surface area contributed by atoms with E-state index in [0.717, 1.165) is 33.3 Å². The molecule has 0 aliphatic heterocycles. The van der Waals surface area contributed by atoms with Gasteiger partial charge in [0.25, 0.3) is 0 Å². The molecule has 0 spiro atoms. The van der Waals surface area contributed by atoms with E-state index in [-0.39, 0.29) is 30.7 Å². The van der Waals surface area contributed by atoms with Gasteiger partial charge in [-0.05, 0) is 38.2 Å². The lowest BCUT2D eigenvalue weighted by Gasteiger charge is -2.39. The van der Waals surface area contributed by atoms with Crippen LogP contribution in [0.1, 0.15) is 66.2 Å². The van der Waals surface area contributed by atoms with E-state index in [0.29, 0.717) is 6.42 Å². The number of rotatable bonds is 15. The molecule has 2 N–H and O–H groups in total. The number of allylic oxidation sites excluding steroid dienone is 4. The van der Waals surface area contributed by atoms with Crippen LogP contribution in [-0.4, -0.2) is 63.8 Å². The molecule has 0 bridgehead atoms. The number of ketones is 1. The van der Waals surface area contributed by atoms with Gasteiger partial charge in [0.15, 0.2) is 18.0 Å². The van der Waals surface area contributed by atoms with Crippen molar-refractivity contribution in [2.45, 2.75) is 90.1 Å². The van der Waals surface area contributed by atoms with Crippen LogP contribution in [-0.2, 0) is 38.2 Å². The summed E-state index contributed by atoms with van der Waals surface area (Å²) < 4.78 is 16.1. The van der Waals surface area contributed by atoms with Crippen molar-refractivity contribution in [3.05, 3.63) is 35.4 Å². The van der Waals surface area contributed by atoms with Gasteiger partial charge in [-0.3, -0.25) is 24.0 Å². The Bertz CT molecular complexity index is 938. The number of halogens is 1. The Labute approximate surface area is 221 Å². The summed E-state index contributed by atoms with van der Waals surface area (Å²) in [6.45, 7) is 5.23. The monoisotopic (exact) mass is 542 g/mol. The molecule has 1 aliphatic rings. The first-order valence-corrected chi connectivity index (χ1v) is 12.4. The van der Waals surface area contributed by atoms with Gasteiger partial charge in [0.2, 0.25) is 0 Å². The summed E-state index contributed by atoms with van der Waals surface area (Å²) in [5, 5.41) is 20.2. The van der Waals surface area contributed by atoms with E-state index in [1.807, 2.05) is 19.1 Å². The predicted molar refractivity (Wildman–Crippen MR) is 133 cm³/mol. The number of aliphatic carboxylic acids is 1. The Kier molecular flexibility index (Phi) is 13.3. The van der Waals surface area contributed by atoms with Gasteiger partial charge in [-0.15, -0.1) is 0 Å². The molecule has 0 radical (unpaired) electrons. The Balaban J connectivity index is 3.49. The minimum atomic E-state index is -1.92. The number of carboxylic acids is 1. The molecule has 0 saturated heterocycles. The van der Waals surface area contributed by atoms with Crippen LogP contribution in [0.4, 0.5) is 0 Å². The summed E-state index contributed by atoms with van der Waals surface area (Å²) in [5.41, 5.74) is -1.92. The molecule has 5 atom stereocenters. The van der Waals surface area contributed by atoms with Gasteiger partial charge < -0.3 is 24.4 Å². The highest BCUT2D eigenvalue weighted by Crippen LogP contribution is 2.41. The van der Waals surface area contributed by atoms with Crippen molar-refractivity contribution < 1.29 is 48.4 Å². The van der Waals surface area contributed by atoms with Gasteiger partial charge in [0, 0.05) is 27.2 Å². The number of carboxylic acid groups (broad SMARTS) is 1. The molecule has 0 heterocycles. The number of ether oxygens (including phenoxy) is 3. The van der Waals surface area contributed by atoms with Gasteiger partial charge in [0.1, 0.15) is 11.7 Å². The maximum Gasteiger partial charge on any atom is 0.303 e. The molecule has 10 nitrogen and oxygen atoms in total. The Hall–Kier alpha value is -2.98. The maximum atomic E-state index is 13.1. The molecular formula is C26H35ClO10. The van der Waals surface area contributed by atoms with Gasteiger partial charge in [-0.2, -0.15) is 0 Å². The first-order valence-electron chi connectivity index (χ1n) is 12.0. The van der Waals surface area contributed by atoms with E-state index < -0.39 is 59.5 Å². The molecule has 0 aromatic carbocycles. The van der Waals surface area contributed by atoms with E-state index in [1.54, 1.807) is 12.2 Å². The lowest BCUT2D eigenvalue weighted by atomic mass is 9.79. The standard InChI is InChI=1S/C26H35ClO10/c1-5-6-7-8-9-10-14-26(34)15-19(27)23(33)22(26)25(37-18(4)30)24(36-17(3)29)20(35-16(2)28)12-11-13-21(31)32/h6-7,9-10,15,20,22,24-25,34H,5,8,11-14H2,1-4H3,(H,31,32). The van der Waals surface area contributed by atoms with Gasteiger partial charge >= 0.3 is 23.9 Å². The second-order valence-corrected chi connectivity index (χ2v) is 9.11. The normalized spacial score (nSPS) is 21.9. The maximum absolute atomic E-state index is 13.1. The molecule has 0 amide bonds. The summed E-state index contributed by atoms with van der Waals surface area (Å²) in [6.07, 6.45) is 5.08. The van der Waals surface area contributed by atoms with Crippen molar-refractivity contribution in [1.29, 1.82) is 0 Å².